The lowest BCUT2D eigenvalue weighted by Gasteiger charge is -2.39. The molecule has 2 aliphatic heterocycles. The number of guanidine groups is 1. The van der Waals surface area contributed by atoms with E-state index in [0.29, 0.717) is 25.6 Å². The predicted octanol–water partition coefficient (Wildman–Crippen LogP) is 1.68. The maximum Gasteiger partial charge on any atom is 0.193 e. The first-order chi connectivity index (χ1) is 13.6. The molecular formula is C20H32ClN5O2S. The summed E-state index contributed by atoms with van der Waals surface area (Å²) in [7, 11) is 0.778. The van der Waals surface area contributed by atoms with Gasteiger partial charge in [-0.15, -0.1) is 0 Å². The van der Waals surface area contributed by atoms with Crippen molar-refractivity contribution in [2.45, 2.75) is 25.1 Å². The average Bonchev–Trinajstić information content (AvgIpc) is 2.66. The molecule has 1 N–H and O–H groups in total. The van der Waals surface area contributed by atoms with Gasteiger partial charge in [0.2, 0.25) is 0 Å². The molecule has 0 radical (unpaired) electrons. The van der Waals surface area contributed by atoms with Crippen LogP contribution < -0.4 is 10.2 Å². The summed E-state index contributed by atoms with van der Waals surface area (Å²) >= 11 is 6.56. The fourth-order valence-electron chi connectivity index (χ4n) is 3.89. The maximum absolute atomic E-state index is 12.3. The van der Waals surface area contributed by atoms with Crippen LogP contribution in [0.1, 0.15) is 19.4 Å². The monoisotopic (exact) mass is 441 g/mol. The van der Waals surface area contributed by atoms with Gasteiger partial charge in [0.05, 0.1) is 10.5 Å². The van der Waals surface area contributed by atoms with Crippen molar-refractivity contribution in [2.75, 3.05) is 64.0 Å². The number of hydrogen-bond acceptors (Lipinski definition) is 5. The second-order valence-electron chi connectivity index (χ2n) is 8.43. The molecule has 29 heavy (non-hydrogen) atoms. The molecule has 0 aliphatic carbocycles. The van der Waals surface area contributed by atoms with Crippen molar-refractivity contribution in [1.82, 2.24) is 15.1 Å². The van der Waals surface area contributed by atoms with Gasteiger partial charge in [0, 0.05) is 69.1 Å². The molecular weight excluding hydrogens is 410 g/mol. The van der Waals surface area contributed by atoms with E-state index in [9.17, 15) is 8.42 Å². The Morgan fingerprint density at radius 3 is 2.52 bits per heavy atom. The van der Waals surface area contributed by atoms with Crippen molar-refractivity contribution >= 4 is 33.1 Å². The van der Waals surface area contributed by atoms with Gasteiger partial charge in [0.25, 0.3) is 0 Å². The zero-order valence-electron chi connectivity index (χ0n) is 17.8. The van der Waals surface area contributed by atoms with Gasteiger partial charge in [0.1, 0.15) is 0 Å². The van der Waals surface area contributed by atoms with E-state index in [1.807, 2.05) is 17.0 Å². The van der Waals surface area contributed by atoms with E-state index in [1.165, 1.54) is 0 Å². The van der Waals surface area contributed by atoms with Crippen LogP contribution in [-0.4, -0.2) is 88.0 Å². The summed E-state index contributed by atoms with van der Waals surface area (Å²) in [5.41, 5.74) is 2.19. The Labute approximate surface area is 179 Å². The highest BCUT2D eigenvalue weighted by atomic mass is 35.5. The second kappa shape index (κ2) is 8.70. The number of nitrogens with zero attached hydrogens (tertiary/aromatic N) is 4. The minimum absolute atomic E-state index is 0.138. The number of hydrogen-bond donors (Lipinski definition) is 1. The molecule has 7 nitrogen and oxygen atoms in total. The fourth-order valence-corrected chi connectivity index (χ4v) is 5.49. The number of rotatable bonds is 3. The van der Waals surface area contributed by atoms with Gasteiger partial charge in [-0.1, -0.05) is 17.7 Å². The van der Waals surface area contributed by atoms with E-state index in [1.54, 1.807) is 20.9 Å². The van der Waals surface area contributed by atoms with E-state index < -0.39 is 14.6 Å². The summed E-state index contributed by atoms with van der Waals surface area (Å²) in [6.45, 7) is 8.95. The first-order valence-electron chi connectivity index (χ1n) is 10.0. The van der Waals surface area contributed by atoms with E-state index >= 15 is 0 Å². The average molecular weight is 442 g/mol. The highest BCUT2D eigenvalue weighted by molar-refractivity contribution is 7.92. The van der Waals surface area contributed by atoms with Crippen LogP contribution in [0.25, 0.3) is 0 Å². The highest BCUT2D eigenvalue weighted by Crippen LogP contribution is 2.29. The number of piperazine rings is 1. The van der Waals surface area contributed by atoms with Crippen LogP contribution in [0.15, 0.2) is 23.2 Å². The molecule has 0 atom stereocenters. The standard InChI is InChI=1S/C20H32ClN5O2S/c1-20(2)15-26(12-13-29(20,27)28)19(22-3)23-14-16-17(21)6-5-7-18(16)25-10-8-24(4)9-11-25/h5-7H,8-15H2,1-4H3,(H,22,23). The molecule has 2 saturated heterocycles. The molecule has 0 bridgehead atoms. The van der Waals surface area contributed by atoms with Gasteiger partial charge in [-0.05, 0) is 33.0 Å². The molecule has 0 amide bonds. The van der Waals surface area contributed by atoms with E-state index in [0.717, 1.165) is 42.5 Å². The first-order valence-corrected chi connectivity index (χ1v) is 12.1. The molecule has 2 fully saturated rings. The van der Waals surface area contributed by atoms with Gasteiger partial charge >= 0.3 is 0 Å². The lowest BCUT2D eigenvalue weighted by atomic mass is 10.1. The SMILES string of the molecule is CN=C(NCc1c(Cl)cccc1N1CCN(C)CC1)N1CCS(=O)(=O)C(C)(C)C1. The van der Waals surface area contributed by atoms with Gasteiger partial charge in [0.15, 0.2) is 15.8 Å². The van der Waals surface area contributed by atoms with E-state index in [-0.39, 0.29) is 5.75 Å². The van der Waals surface area contributed by atoms with Crippen LogP contribution in [0.5, 0.6) is 0 Å². The van der Waals surface area contributed by atoms with Gasteiger partial charge in [-0.25, -0.2) is 8.42 Å². The predicted molar refractivity (Wildman–Crippen MR) is 121 cm³/mol. The molecule has 3 rings (SSSR count). The maximum atomic E-state index is 12.3. The summed E-state index contributed by atoms with van der Waals surface area (Å²) in [6, 6.07) is 6.03. The zero-order valence-corrected chi connectivity index (χ0v) is 19.4. The van der Waals surface area contributed by atoms with Gasteiger partial charge < -0.3 is 20.0 Å². The molecule has 1 aromatic carbocycles. The molecule has 2 heterocycles. The molecule has 0 unspecified atom stereocenters. The smallest absolute Gasteiger partial charge is 0.193 e. The Morgan fingerprint density at radius 1 is 1.21 bits per heavy atom. The molecule has 162 valence electrons. The van der Waals surface area contributed by atoms with Crippen LogP contribution >= 0.6 is 11.6 Å². The molecule has 0 aromatic heterocycles. The lowest BCUT2D eigenvalue weighted by molar-refractivity contribution is 0.312. The molecule has 9 heteroatoms. The number of sulfone groups is 1. The Morgan fingerprint density at radius 2 is 1.90 bits per heavy atom. The summed E-state index contributed by atoms with van der Waals surface area (Å²) < 4.78 is 23.8. The zero-order chi connectivity index (χ0) is 21.2. The normalized spacial score (nSPS) is 22.6. The number of aliphatic imine (C=N–C) groups is 1. The van der Waals surface area contributed by atoms with Crippen molar-refractivity contribution in [1.29, 1.82) is 0 Å². The summed E-state index contributed by atoms with van der Waals surface area (Å²) in [5.74, 6) is 0.844. The van der Waals surface area contributed by atoms with Crippen LogP contribution in [0.2, 0.25) is 5.02 Å². The molecule has 1 aromatic rings. The van der Waals surface area contributed by atoms with E-state index in [4.69, 9.17) is 11.6 Å². The van der Waals surface area contributed by atoms with Crippen molar-refractivity contribution in [2.24, 2.45) is 4.99 Å². The van der Waals surface area contributed by atoms with Crippen LogP contribution in [-0.2, 0) is 16.4 Å². The molecule has 0 saturated carbocycles. The Kier molecular flexibility index (Phi) is 6.65. The highest BCUT2D eigenvalue weighted by Gasteiger charge is 2.41. The number of likely N-dealkylation sites (N-methyl/N-ethyl adjacent to an activating group) is 1. The third-order valence-corrected chi connectivity index (χ3v) is 8.80. The minimum atomic E-state index is -3.09. The van der Waals surface area contributed by atoms with Crippen molar-refractivity contribution < 1.29 is 8.42 Å². The van der Waals surface area contributed by atoms with E-state index in [2.05, 4.69) is 33.2 Å². The Hall–Kier alpha value is -1.51. The van der Waals surface area contributed by atoms with Crippen molar-refractivity contribution in [3.8, 4) is 0 Å². The van der Waals surface area contributed by atoms with Crippen molar-refractivity contribution in [3.63, 3.8) is 0 Å². The lowest BCUT2D eigenvalue weighted by Crippen LogP contribution is -2.57. The quantitative estimate of drug-likeness (QED) is 0.568. The van der Waals surface area contributed by atoms with Crippen LogP contribution in [0, 0.1) is 0 Å². The third-order valence-electron chi connectivity index (χ3n) is 5.92. The molecule has 0 spiro atoms. The Bertz CT molecular complexity index is 864. The van der Waals surface area contributed by atoms with Crippen LogP contribution in [0.4, 0.5) is 5.69 Å². The van der Waals surface area contributed by atoms with Gasteiger partial charge in [-0.2, -0.15) is 0 Å². The molecule has 2 aliphatic rings. The topological polar surface area (TPSA) is 68.2 Å². The number of nitrogens with one attached hydrogen (secondary N) is 1. The summed E-state index contributed by atoms with van der Waals surface area (Å²) in [6.07, 6.45) is 0. The number of benzene rings is 1. The third kappa shape index (κ3) is 4.81. The fraction of sp³-hybridized carbons (Fsp3) is 0.650. The van der Waals surface area contributed by atoms with Gasteiger partial charge in [-0.3, -0.25) is 4.99 Å². The number of anilines is 1. The van der Waals surface area contributed by atoms with Crippen molar-refractivity contribution in [3.05, 3.63) is 28.8 Å². The largest absolute Gasteiger partial charge is 0.369 e. The van der Waals surface area contributed by atoms with Crippen LogP contribution in [0.3, 0.4) is 0 Å². The minimum Gasteiger partial charge on any atom is -0.369 e. The number of halogens is 1. The first kappa shape index (κ1) is 22.2. The summed E-state index contributed by atoms with van der Waals surface area (Å²) in [4.78, 5) is 11.1. The second-order valence-corrected chi connectivity index (χ2v) is 11.6. The summed E-state index contributed by atoms with van der Waals surface area (Å²) in [5, 5.41) is 4.14. The Balaban J connectivity index is 1.74.